The Morgan fingerprint density at radius 2 is 1.90 bits per heavy atom. The lowest BCUT2D eigenvalue weighted by atomic mass is 10.0. The minimum absolute atomic E-state index is 0.214. The lowest BCUT2D eigenvalue weighted by molar-refractivity contribution is 0.558. The van der Waals surface area contributed by atoms with Crippen molar-refractivity contribution in [1.82, 2.24) is 5.32 Å². The number of likely N-dealkylation sites (N-methyl/N-ethyl adjacent to an activating group) is 1. The fraction of sp³-hybridized carbons (Fsp3) is 0.286. The summed E-state index contributed by atoms with van der Waals surface area (Å²) in [6.45, 7) is 2.98. The summed E-state index contributed by atoms with van der Waals surface area (Å²) >= 11 is 23.3. The van der Waals surface area contributed by atoms with Crippen LogP contribution >= 0.6 is 62.1 Å². The van der Waals surface area contributed by atoms with Gasteiger partial charge in [-0.2, -0.15) is 0 Å². The predicted molar refractivity (Wildman–Crippen MR) is 93.6 cm³/mol. The Labute approximate surface area is 146 Å². The molecule has 0 saturated carbocycles. The highest BCUT2D eigenvalue weighted by Crippen LogP contribution is 2.36. The molecule has 1 aromatic heterocycles. The van der Waals surface area contributed by atoms with Crippen molar-refractivity contribution in [2.45, 2.75) is 19.4 Å². The summed E-state index contributed by atoms with van der Waals surface area (Å²) < 4.78 is 0.964. The Hall–Kier alpha value is 0.230. The van der Waals surface area contributed by atoms with Crippen molar-refractivity contribution in [1.29, 1.82) is 0 Å². The minimum Gasteiger partial charge on any atom is -0.309 e. The van der Waals surface area contributed by atoms with Crippen LogP contribution in [-0.4, -0.2) is 6.54 Å². The van der Waals surface area contributed by atoms with Gasteiger partial charge < -0.3 is 5.32 Å². The summed E-state index contributed by atoms with van der Waals surface area (Å²) in [5, 5.41) is 5.40. The van der Waals surface area contributed by atoms with E-state index in [2.05, 4.69) is 28.2 Å². The third-order valence-corrected chi connectivity index (χ3v) is 6.21. The fourth-order valence-corrected chi connectivity index (χ4v) is 4.10. The average Bonchev–Trinajstić information content (AvgIpc) is 2.73. The molecule has 0 aliphatic rings. The smallest absolute Gasteiger partial charge is 0.0887 e. The van der Waals surface area contributed by atoms with E-state index in [9.17, 15) is 0 Å². The molecular weight excluding hydrogens is 400 g/mol. The van der Waals surface area contributed by atoms with E-state index in [1.165, 1.54) is 4.88 Å². The molecule has 0 aliphatic carbocycles. The molecule has 0 aliphatic heterocycles. The van der Waals surface area contributed by atoms with E-state index in [-0.39, 0.29) is 6.04 Å². The van der Waals surface area contributed by atoms with Gasteiger partial charge in [0.2, 0.25) is 0 Å². The number of halogens is 4. The molecule has 108 valence electrons. The standard InChI is InChI=1S/C14H13BrCl3NS/c1-2-19-12(13-7-11(18)14(15)20-13)6-8-3-4-9(16)10(17)5-8/h3-5,7,12,19H,2,6H2,1H3. The number of benzene rings is 1. The predicted octanol–water partition coefficient (Wildman–Crippen LogP) is 6.36. The summed E-state index contributed by atoms with van der Waals surface area (Å²) in [7, 11) is 0. The Morgan fingerprint density at radius 1 is 1.15 bits per heavy atom. The van der Waals surface area contributed by atoms with Crippen LogP contribution in [0.25, 0.3) is 0 Å². The highest BCUT2D eigenvalue weighted by molar-refractivity contribution is 9.11. The molecule has 1 heterocycles. The van der Waals surface area contributed by atoms with Crippen LogP contribution in [0.3, 0.4) is 0 Å². The second-order valence-corrected chi connectivity index (χ2v) is 7.96. The van der Waals surface area contributed by atoms with Crippen LogP contribution < -0.4 is 5.32 Å². The van der Waals surface area contributed by atoms with E-state index < -0.39 is 0 Å². The van der Waals surface area contributed by atoms with Crippen LogP contribution in [0, 0.1) is 0 Å². The maximum atomic E-state index is 6.12. The van der Waals surface area contributed by atoms with Gasteiger partial charge in [0.1, 0.15) is 0 Å². The third kappa shape index (κ3) is 4.12. The number of thiophene rings is 1. The first-order chi connectivity index (χ1) is 9.51. The second kappa shape index (κ2) is 7.48. The van der Waals surface area contributed by atoms with Gasteiger partial charge in [-0.05, 0) is 52.7 Å². The maximum Gasteiger partial charge on any atom is 0.0887 e. The number of rotatable bonds is 5. The molecule has 0 amide bonds. The minimum atomic E-state index is 0.214. The average molecular weight is 414 g/mol. The Balaban J connectivity index is 2.22. The summed E-state index contributed by atoms with van der Waals surface area (Å²) in [5.41, 5.74) is 1.14. The summed E-state index contributed by atoms with van der Waals surface area (Å²) in [6, 6.07) is 7.97. The lowest BCUT2D eigenvalue weighted by Crippen LogP contribution is -2.22. The summed E-state index contributed by atoms with van der Waals surface area (Å²) in [4.78, 5) is 1.20. The Morgan fingerprint density at radius 3 is 2.45 bits per heavy atom. The van der Waals surface area contributed by atoms with E-state index in [1.807, 2.05) is 24.3 Å². The highest BCUT2D eigenvalue weighted by atomic mass is 79.9. The third-order valence-electron chi connectivity index (χ3n) is 2.88. The first-order valence-electron chi connectivity index (χ1n) is 6.13. The summed E-state index contributed by atoms with van der Waals surface area (Å²) in [5.74, 6) is 0. The van der Waals surface area contributed by atoms with Crippen LogP contribution in [-0.2, 0) is 6.42 Å². The zero-order chi connectivity index (χ0) is 14.7. The molecule has 1 aromatic carbocycles. The molecule has 0 bridgehead atoms. The number of hydrogen-bond acceptors (Lipinski definition) is 2. The van der Waals surface area contributed by atoms with E-state index >= 15 is 0 Å². The molecule has 2 aromatic rings. The molecule has 1 N–H and O–H groups in total. The lowest BCUT2D eigenvalue weighted by Gasteiger charge is -2.16. The van der Waals surface area contributed by atoms with Crippen molar-refractivity contribution in [3.8, 4) is 0 Å². The molecule has 0 radical (unpaired) electrons. The molecule has 1 nitrogen and oxygen atoms in total. The molecule has 6 heteroatoms. The first-order valence-corrected chi connectivity index (χ1v) is 8.87. The zero-order valence-electron chi connectivity index (χ0n) is 10.7. The first kappa shape index (κ1) is 16.6. The normalized spacial score (nSPS) is 12.7. The number of nitrogens with one attached hydrogen (secondary N) is 1. The van der Waals surface area contributed by atoms with Crippen LogP contribution in [0.5, 0.6) is 0 Å². The number of hydrogen-bond donors (Lipinski definition) is 1. The molecule has 0 fully saturated rings. The van der Waals surface area contributed by atoms with Crippen LogP contribution in [0.4, 0.5) is 0 Å². The van der Waals surface area contributed by atoms with Gasteiger partial charge in [-0.3, -0.25) is 0 Å². The van der Waals surface area contributed by atoms with Crippen molar-refractivity contribution < 1.29 is 0 Å². The fourth-order valence-electron chi connectivity index (χ4n) is 1.96. The van der Waals surface area contributed by atoms with Crippen molar-refractivity contribution in [3.63, 3.8) is 0 Å². The van der Waals surface area contributed by atoms with Gasteiger partial charge in [-0.15, -0.1) is 11.3 Å². The molecular formula is C14H13BrCl3NS. The van der Waals surface area contributed by atoms with Crippen LogP contribution in [0.2, 0.25) is 15.1 Å². The van der Waals surface area contributed by atoms with E-state index in [1.54, 1.807) is 11.3 Å². The Kier molecular flexibility index (Phi) is 6.21. The molecule has 0 spiro atoms. The summed E-state index contributed by atoms with van der Waals surface area (Å²) in [6.07, 6.45) is 0.841. The van der Waals surface area contributed by atoms with E-state index in [0.717, 1.165) is 27.3 Å². The molecule has 1 unspecified atom stereocenters. The van der Waals surface area contributed by atoms with Gasteiger partial charge >= 0.3 is 0 Å². The zero-order valence-corrected chi connectivity index (χ0v) is 15.4. The van der Waals surface area contributed by atoms with Gasteiger partial charge in [0.25, 0.3) is 0 Å². The maximum absolute atomic E-state index is 6.12. The molecule has 1 atom stereocenters. The monoisotopic (exact) mass is 411 g/mol. The van der Waals surface area contributed by atoms with Gasteiger partial charge in [0.15, 0.2) is 0 Å². The molecule has 20 heavy (non-hydrogen) atoms. The topological polar surface area (TPSA) is 12.0 Å². The largest absolute Gasteiger partial charge is 0.309 e. The second-order valence-electron chi connectivity index (χ2n) is 4.33. The van der Waals surface area contributed by atoms with Gasteiger partial charge in [0.05, 0.1) is 18.9 Å². The van der Waals surface area contributed by atoms with Crippen LogP contribution in [0.15, 0.2) is 28.1 Å². The van der Waals surface area contributed by atoms with Crippen molar-refractivity contribution >= 4 is 62.1 Å². The van der Waals surface area contributed by atoms with Crippen LogP contribution in [0.1, 0.15) is 23.4 Å². The van der Waals surface area contributed by atoms with Gasteiger partial charge in [-0.1, -0.05) is 47.8 Å². The van der Waals surface area contributed by atoms with E-state index in [0.29, 0.717) is 10.0 Å². The van der Waals surface area contributed by atoms with Crippen molar-refractivity contribution in [2.75, 3.05) is 6.54 Å². The van der Waals surface area contributed by atoms with Crippen molar-refractivity contribution in [2.24, 2.45) is 0 Å². The van der Waals surface area contributed by atoms with Crippen molar-refractivity contribution in [3.05, 3.63) is 53.6 Å². The molecule has 0 saturated heterocycles. The van der Waals surface area contributed by atoms with E-state index in [4.69, 9.17) is 34.8 Å². The van der Waals surface area contributed by atoms with Gasteiger partial charge in [-0.25, -0.2) is 0 Å². The molecule has 2 rings (SSSR count). The quantitative estimate of drug-likeness (QED) is 0.601. The SMILES string of the molecule is CCNC(Cc1ccc(Cl)c(Cl)c1)c1cc(Cl)c(Br)s1. The highest BCUT2D eigenvalue weighted by Gasteiger charge is 2.16. The van der Waals surface area contributed by atoms with Gasteiger partial charge in [0, 0.05) is 10.9 Å². The Bertz CT molecular complexity index is 581.